The molecule has 0 bridgehead atoms. The monoisotopic (exact) mass is 947 g/mol. The minimum Gasteiger partial charge on any atom is -0.506 e. The normalized spacial score (nSPS) is 12.9. The topological polar surface area (TPSA) is 393 Å². The van der Waals surface area contributed by atoms with Crippen molar-refractivity contribution < 1.29 is 74.0 Å². The lowest BCUT2D eigenvalue weighted by atomic mass is 10.1. The maximum atomic E-state index is 14.5. The van der Waals surface area contributed by atoms with Crippen LogP contribution >= 0.6 is 0 Å². The molecule has 0 aliphatic carbocycles. The first-order chi connectivity index (χ1) is 28.2. The lowest BCUT2D eigenvalue weighted by Gasteiger charge is -2.11. The molecule has 0 fully saturated rings. The number of hydrogen-bond donors (Lipinski definition) is 7. The number of para-hydroxylation sites is 1. The first kappa shape index (κ1) is 46.0. The molecule has 0 amide bonds. The number of benzene rings is 4. The highest BCUT2D eigenvalue weighted by atomic mass is 32.3. The zero-order valence-electron chi connectivity index (χ0n) is 30.1. The Labute approximate surface area is 344 Å². The zero-order chi connectivity index (χ0) is 45.1. The highest BCUT2D eigenvalue weighted by Gasteiger charge is 2.24. The van der Waals surface area contributed by atoms with Gasteiger partial charge in [0, 0.05) is 5.69 Å². The largest absolute Gasteiger partial charge is 0.506 e. The van der Waals surface area contributed by atoms with Crippen molar-refractivity contribution in [1.82, 2.24) is 15.0 Å². The molecule has 0 aliphatic heterocycles. The van der Waals surface area contributed by atoms with Gasteiger partial charge in [-0.1, -0.05) is 12.1 Å². The summed E-state index contributed by atoms with van der Waals surface area (Å²) >= 11 is 0. The highest BCUT2D eigenvalue weighted by molar-refractivity contribution is 7.91. The average molecular weight is 948 g/mol. The number of nitrogens with one attached hydrogen (secondary N) is 2. The van der Waals surface area contributed by atoms with E-state index in [9.17, 15) is 65.2 Å². The van der Waals surface area contributed by atoms with Gasteiger partial charge in [-0.05, 0) is 73.2 Å². The van der Waals surface area contributed by atoms with Gasteiger partial charge in [0.1, 0.15) is 37.5 Å². The number of azo groups is 2. The van der Waals surface area contributed by atoms with Gasteiger partial charge in [-0.2, -0.15) is 58.1 Å². The third-order valence-corrected chi connectivity index (χ3v) is 12.3. The van der Waals surface area contributed by atoms with Crippen LogP contribution in [0.5, 0.6) is 5.75 Å². The number of nitrogens with zero attached hydrogens (tertiary/aromatic N) is 7. The molecule has 1 heterocycles. The van der Waals surface area contributed by atoms with Gasteiger partial charge in [0.25, 0.3) is 30.4 Å². The van der Waals surface area contributed by atoms with E-state index in [1.165, 1.54) is 25.1 Å². The summed E-state index contributed by atoms with van der Waals surface area (Å²) in [5.74, 6) is -2.66. The minimum absolute atomic E-state index is 0.0759. The van der Waals surface area contributed by atoms with Crippen molar-refractivity contribution in [3.05, 3.63) is 84.4 Å². The number of sulfone groups is 1. The van der Waals surface area contributed by atoms with E-state index in [-0.39, 0.29) is 22.6 Å². The number of phenols is 1. The van der Waals surface area contributed by atoms with Crippen LogP contribution in [0.1, 0.15) is 5.56 Å². The molecule has 7 N–H and O–H groups in total. The Hall–Kier alpha value is -6.03. The molecule has 0 aliphatic rings. The summed E-state index contributed by atoms with van der Waals surface area (Å²) in [7, 11) is -24.4. The Morgan fingerprint density at radius 1 is 0.623 bits per heavy atom. The fourth-order valence-electron chi connectivity index (χ4n) is 4.82. The lowest BCUT2D eigenvalue weighted by Crippen LogP contribution is -2.16. The first-order valence-corrected chi connectivity index (χ1v) is 23.3. The maximum Gasteiger partial charge on any atom is 0.397 e. The van der Waals surface area contributed by atoms with Gasteiger partial charge in [-0.3, -0.25) is 18.2 Å². The van der Waals surface area contributed by atoms with Crippen LogP contribution in [0.3, 0.4) is 0 Å². The van der Waals surface area contributed by atoms with Crippen molar-refractivity contribution >= 4 is 96.6 Å². The van der Waals surface area contributed by atoms with Crippen LogP contribution in [-0.2, 0) is 54.8 Å². The Kier molecular flexibility index (Phi) is 13.2. The number of aromatic hydroxyl groups is 1. The number of aryl methyl sites for hydroxylation is 1. The summed E-state index contributed by atoms with van der Waals surface area (Å²) in [5.41, 5.74) is -1.85. The lowest BCUT2D eigenvalue weighted by molar-refractivity contribution is 0.284. The smallest absolute Gasteiger partial charge is 0.397 e. The van der Waals surface area contributed by atoms with Crippen LogP contribution in [0.25, 0.3) is 0 Å². The maximum absolute atomic E-state index is 14.5. The van der Waals surface area contributed by atoms with E-state index < -0.39 is 123 Å². The SMILES string of the molecule is Cc1cc(O)c(/N=N/c2ccc(S(=O)(=O)CCOS(=O)(=O)O)cc2S(=O)(=O)O)cc1/N=N/c1cc(Nc2nc(F)nc(Nc3ccccc3S(=O)(=O)O)n2)ccc1S(=O)(=O)O. The summed E-state index contributed by atoms with van der Waals surface area (Å²) in [4.78, 5) is 7.67. The predicted molar refractivity (Wildman–Crippen MR) is 206 cm³/mol. The van der Waals surface area contributed by atoms with Gasteiger partial charge in [0.05, 0.1) is 28.6 Å². The van der Waals surface area contributed by atoms with Gasteiger partial charge in [-0.15, -0.1) is 15.3 Å². The second-order valence-corrected chi connectivity index (χ2v) is 19.2. The first-order valence-electron chi connectivity index (χ1n) is 16.0. The van der Waals surface area contributed by atoms with Gasteiger partial charge in [-0.25, -0.2) is 12.6 Å². The van der Waals surface area contributed by atoms with E-state index in [0.29, 0.717) is 6.07 Å². The molecule has 0 radical (unpaired) electrons. The highest BCUT2D eigenvalue weighted by Crippen LogP contribution is 2.38. The van der Waals surface area contributed by atoms with E-state index in [0.717, 1.165) is 48.5 Å². The number of rotatable bonds is 16. The molecule has 31 heteroatoms. The minimum atomic E-state index is -5.21. The van der Waals surface area contributed by atoms with Crippen LogP contribution in [0.15, 0.2) is 113 Å². The number of anilines is 4. The summed E-state index contributed by atoms with van der Waals surface area (Å²) in [6, 6.07) is 12.2. The standard InChI is InChI=1S/C30H26FN9O16S5/c1-16-12-24(41)22(39-37-20-8-7-18(14-27(20)60(50,51)52)57(42,43)11-10-56-61(53,54)55)15-21(16)38-40-23-13-17(6-9-26(23)59(47,48)49)32-29-34-28(31)35-30(36-29)33-19-4-2-3-5-25(19)58(44,45)46/h2-9,12-15,41H,10-11H2,1H3,(H,44,45,46)(H,47,48,49)(H,50,51,52)(H,53,54,55)(H2,32,33,34,35,36)/b39-37+,40-38+. The summed E-state index contributed by atoms with van der Waals surface area (Å²) < 4.78 is 175. The number of phenolic OH excluding ortho intramolecular Hbond substituents is 1. The van der Waals surface area contributed by atoms with Crippen molar-refractivity contribution in [3.8, 4) is 5.75 Å². The van der Waals surface area contributed by atoms with Gasteiger partial charge in [0.15, 0.2) is 9.84 Å². The second kappa shape index (κ2) is 17.5. The number of halogens is 1. The second-order valence-electron chi connectivity index (χ2n) is 11.8. The molecule has 25 nitrogen and oxygen atoms in total. The van der Waals surface area contributed by atoms with Gasteiger partial charge >= 0.3 is 16.5 Å². The van der Waals surface area contributed by atoms with Crippen LogP contribution in [0.4, 0.5) is 50.4 Å². The fraction of sp³-hybridized carbons (Fsp3) is 0.100. The van der Waals surface area contributed by atoms with Crippen molar-refractivity contribution in [1.29, 1.82) is 0 Å². The molecule has 0 unspecified atom stereocenters. The van der Waals surface area contributed by atoms with Gasteiger partial charge < -0.3 is 15.7 Å². The van der Waals surface area contributed by atoms with Gasteiger partial charge in [0.2, 0.25) is 11.9 Å². The molecule has 61 heavy (non-hydrogen) atoms. The van der Waals surface area contributed by atoms with Crippen molar-refractivity contribution in [2.75, 3.05) is 23.0 Å². The third-order valence-electron chi connectivity index (χ3n) is 7.49. The average Bonchev–Trinajstić information content (AvgIpc) is 3.12. The van der Waals surface area contributed by atoms with Crippen LogP contribution < -0.4 is 10.6 Å². The fourth-order valence-corrected chi connectivity index (χ4v) is 8.30. The molecule has 1 aromatic heterocycles. The Morgan fingerprint density at radius 2 is 1.21 bits per heavy atom. The molecule has 324 valence electrons. The Morgan fingerprint density at radius 3 is 1.85 bits per heavy atom. The van der Waals surface area contributed by atoms with Crippen LogP contribution in [-0.4, -0.2) is 92.7 Å². The third kappa shape index (κ3) is 12.3. The molecule has 5 aromatic rings. The Bertz CT molecular complexity index is 3190. The molecule has 4 aromatic carbocycles. The van der Waals surface area contributed by atoms with E-state index in [2.05, 4.69) is 50.2 Å². The quantitative estimate of drug-likeness (QED) is 0.0521. The van der Waals surface area contributed by atoms with Crippen LogP contribution in [0.2, 0.25) is 0 Å². The summed E-state index contributed by atoms with van der Waals surface area (Å²) in [6.45, 7) is 0.376. The predicted octanol–water partition coefficient (Wildman–Crippen LogP) is 4.68. The summed E-state index contributed by atoms with van der Waals surface area (Å²) in [5, 5.41) is 30.8. The van der Waals surface area contributed by atoms with E-state index in [1.54, 1.807) is 0 Å². The van der Waals surface area contributed by atoms with Crippen molar-refractivity contribution in [2.45, 2.75) is 26.5 Å². The molecule has 0 saturated carbocycles. The summed E-state index contributed by atoms with van der Waals surface area (Å²) in [6.07, 6.45) is -1.37. The van der Waals surface area contributed by atoms with E-state index >= 15 is 0 Å². The molecule has 0 spiro atoms. The Balaban J connectivity index is 1.45. The molecule has 0 saturated heterocycles. The molecular weight excluding hydrogens is 922 g/mol. The zero-order valence-corrected chi connectivity index (χ0v) is 34.2. The van der Waals surface area contributed by atoms with Crippen molar-refractivity contribution in [3.63, 3.8) is 0 Å². The molecular formula is C30H26FN9O16S5. The molecule has 0 atom stereocenters. The van der Waals surface area contributed by atoms with Crippen molar-refractivity contribution in [2.24, 2.45) is 20.5 Å². The number of aromatic nitrogens is 3. The van der Waals surface area contributed by atoms with E-state index in [1.807, 2.05) is 0 Å². The van der Waals surface area contributed by atoms with Crippen LogP contribution in [0, 0.1) is 13.0 Å². The molecule has 5 rings (SSSR count). The van der Waals surface area contributed by atoms with E-state index in [4.69, 9.17) is 4.55 Å². The number of hydrogen-bond acceptors (Lipinski definition) is 21.